The molecule has 0 bridgehead atoms. The molecule has 1 heterocycles. The highest BCUT2D eigenvalue weighted by Gasteiger charge is 2.25. The molecule has 2 aromatic rings. The molecule has 1 fully saturated rings. The van der Waals surface area contributed by atoms with Crippen LogP contribution >= 0.6 is 28.1 Å². The first kappa shape index (κ1) is 13.3. The van der Waals surface area contributed by atoms with Gasteiger partial charge in [-0.25, -0.2) is 4.39 Å². The highest BCUT2D eigenvalue weighted by Crippen LogP contribution is 2.26. The average Bonchev–Trinajstić information content (AvgIpc) is 3.15. The fourth-order valence-electron chi connectivity index (χ4n) is 2.33. The SMILES string of the molecule is CN(CCn1c(=S)[nH]c2cc(F)c(Br)cc21)C1CC1. The van der Waals surface area contributed by atoms with Crippen molar-refractivity contribution in [2.45, 2.75) is 25.4 Å². The van der Waals surface area contributed by atoms with Gasteiger partial charge in [0.05, 0.1) is 15.5 Å². The van der Waals surface area contributed by atoms with E-state index in [0.29, 0.717) is 9.24 Å². The van der Waals surface area contributed by atoms with E-state index in [1.54, 1.807) is 6.07 Å². The first-order valence-corrected chi connectivity index (χ1v) is 7.54. The lowest BCUT2D eigenvalue weighted by atomic mass is 10.3. The van der Waals surface area contributed by atoms with Crippen LogP contribution in [0.1, 0.15) is 12.8 Å². The maximum atomic E-state index is 13.5. The van der Waals surface area contributed by atoms with Crippen LogP contribution in [0.15, 0.2) is 16.6 Å². The monoisotopic (exact) mass is 343 g/mol. The van der Waals surface area contributed by atoms with E-state index in [0.717, 1.165) is 30.2 Å². The Morgan fingerprint density at radius 2 is 2.26 bits per heavy atom. The zero-order valence-electron chi connectivity index (χ0n) is 10.6. The van der Waals surface area contributed by atoms with E-state index in [-0.39, 0.29) is 5.82 Å². The summed E-state index contributed by atoms with van der Waals surface area (Å²) in [7, 11) is 2.14. The van der Waals surface area contributed by atoms with E-state index >= 15 is 0 Å². The lowest BCUT2D eigenvalue weighted by Gasteiger charge is -2.16. The second-order valence-corrected chi connectivity index (χ2v) is 6.32. The Morgan fingerprint density at radius 1 is 1.53 bits per heavy atom. The molecule has 1 aliphatic carbocycles. The summed E-state index contributed by atoms with van der Waals surface area (Å²) in [6.45, 7) is 1.78. The largest absolute Gasteiger partial charge is 0.330 e. The predicted molar refractivity (Wildman–Crippen MR) is 80.4 cm³/mol. The van der Waals surface area contributed by atoms with Crippen molar-refractivity contribution >= 4 is 39.2 Å². The topological polar surface area (TPSA) is 24.0 Å². The van der Waals surface area contributed by atoms with Gasteiger partial charge in [0, 0.05) is 25.2 Å². The van der Waals surface area contributed by atoms with Crippen LogP contribution in [-0.2, 0) is 6.54 Å². The van der Waals surface area contributed by atoms with E-state index in [1.807, 2.05) is 4.57 Å². The second kappa shape index (κ2) is 5.00. The van der Waals surface area contributed by atoms with Crippen molar-refractivity contribution in [1.82, 2.24) is 14.5 Å². The van der Waals surface area contributed by atoms with Crippen LogP contribution in [0.3, 0.4) is 0 Å². The molecule has 0 saturated heterocycles. The first-order chi connectivity index (χ1) is 9.06. The van der Waals surface area contributed by atoms with Crippen LogP contribution in [0.25, 0.3) is 11.0 Å². The molecule has 0 atom stereocenters. The van der Waals surface area contributed by atoms with Crippen molar-refractivity contribution in [2.24, 2.45) is 0 Å². The van der Waals surface area contributed by atoms with Crippen molar-refractivity contribution in [3.05, 3.63) is 27.2 Å². The molecule has 1 N–H and O–H groups in total. The van der Waals surface area contributed by atoms with Crippen LogP contribution in [0.5, 0.6) is 0 Å². The van der Waals surface area contributed by atoms with Gasteiger partial charge in [0.1, 0.15) is 5.82 Å². The Morgan fingerprint density at radius 3 is 2.95 bits per heavy atom. The molecule has 1 aliphatic rings. The zero-order chi connectivity index (χ0) is 13.6. The summed E-state index contributed by atoms with van der Waals surface area (Å²) in [6, 6.07) is 4.01. The lowest BCUT2D eigenvalue weighted by Crippen LogP contribution is -2.25. The number of nitrogens with zero attached hydrogens (tertiary/aromatic N) is 2. The number of imidazole rings is 1. The highest BCUT2D eigenvalue weighted by molar-refractivity contribution is 9.10. The summed E-state index contributed by atoms with van der Waals surface area (Å²) in [5.74, 6) is -0.272. The fourth-order valence-corrected chi connectivity index (χ4v) is 2.96. The molecule has 0 amide bonds. The van der Waals surface area contributed by atoms with Crippen molar-refractivity contribution in [3.63, 3.8) is 0 Å². The highest BCUT2D eigenvalue weighted by atomic mass is 79.9. The fraction of sp³-hybridized carbons (Fsp3) is 0.462. The molecule has 1 aromatic carbocycles. The molecular weight excluding hydrogens is 329 g/mol. The molecule has 0 spiro atoms. The third kappa shape index (κ3) is 2.61. The lowest BCUT2D eigenvalue weighted by molar-refractivity contribution is 0.310. The molecule has 0 radical (unpaired) electrons. The smallest absolute Gasteiger partial charge is 0.178 e. The normalized spacial score (nSPS) is 15.6. The minimum Gasteiger partial charge on any atom is -0.330 e. The summed E-state index contributed by atoms with van der Waals surface area (Å²) in [4.78, 5) is 5.42. The van der Waals surface area contributed by atoms with E-state index in [4.69, 9.17) is 12.2 Å². The Labute approximate surface area is 124 Å². The molecular formula is C13H15BrFN3S. The number of hydrogen-bond donors (Lipinski definition) is 1. The summed E-state index contributed by atoms with van der Waals surface area (Å²) >= 11 is 8.55. The summed E-state index contributed by atoms with van der Waals surface area (Å²) < 4.78 is 16.7. The van der Waals surface area contributed by atoms with Crippen molar-refractivity contribution in [2.75, 3.05) is 13.6 Å². The van der Waals surface area contributed by atoms with Gasteiger partial charge < -0.3 is 14.5 Å². The minimum absolute atomic E-state index is 0.272. The van der Waals surface area contributed by atoms with Gasteiger partial charge in [-0.05, 0) is 54.1 Å². The second-order valence-electron chi connectivity index (χ2n) is 5.08. The minimum atomic E-state index is -0.272. The maximum absolute atomic E-state index is 13.5. The van der Waals surface area contributed by atoms with Crippen molar-refractivity contribution in [1.29, 1.82) is 0 Å². The van der Waals surface area contributed by atoms with Crippen molar-refractivity contribution < 1.29 is 4.39 Å². The molecule has 3 nitrogen and oxygen atoms in total. The quantitative estimate of drug-likeness (QED) is 0.856. The van der Waals surface area contributed by atoms with Gasteiger partial charge in [-0.3, -0.25) is 0 Å². The molecule has 102 valence electrons. The summed E-state index contributed by atoms with van der Waals surface area (Å²) in [5, 5.41) is 0. The molecule has 6 heteroatoms. The van der Waals surface area contributed by atoms with Gasteiger partial charge in [0.25, 0.3) is 0 Å². The Balaban J connectivity index is 1.91. The van der Waals surface area contributed by atoms with Crippen LogP contribution in [0.2, 0.25) is 0 Å². The van der Waals surface area contributed by atoms with Crippen LogP contribution < -0.4 is 0 Å². The van der Waals surface area contributed by atoms with Gasteiger partial charge in [-0.15, -0.1) is 0 Å². The number of fused-ring (bicyclic) bond motifs is 1. The van der Waals surface area contributed by atoms with Crippen LogP contribution in [0.4, 0.5) is 4.39 Å². The van der Waals surface area contributed by atoms with Crippen molar-refractivity contribution in [3.8, 4) is 0 Å². The third-order valence-corrected chi connectivity index (χ3v) is 4.59. The third-order valence-electron chi connectivity index (χ3n) is 3.66. The molecule has 1 saturated carbocycles. The first-order valence-electron chi connectivity index (χ1n) is 6.34. The number of nitrogens with one attached hydrogen (secondary N) is 1. The average molecular weight is 344 g/mol. The Bertz CT molecular complexity index is 674. The van der Waals surface area contributed by atoms with Gasteiger partial charge in [0.2, 0.25) is 0 Å². The van der Waals surface area contributed by atoms with Gasteiger partial charge in [-0.2, -0.15) is 0 Å². The van der Waals surface area contributed by atoms with Crippen LogP contribution in [-0.4, -0.2) is 34.1 Å². The number of aromatic nitrogens is 2. The molecule has 3 rings (SSSR count). The number of H-pyrrole nitrogens is 1. The molecule has 0 unspecified atom stereocenters. The van der Waals surface area contributed by atoms with E-state index in [9.17, 15) is 4.39 Å². The zero-order valence-corrected chi connectivity index (χ0v) is 13.0. The molecule has 0 aliphatic heterocycles. The predicted octanol–water partition coefficient (Wildman–Crippen LogP) is 3.69. The van der Waals surface area contributed by atoms with Gasteiger partial charge in [0.15, 0.2) is 4.77 Å². The number of aromatic amines is 1. The molecule has 1 aromatic heterocycles. The Hall–Kier alpha value is -0.720. The number of benzene rings is 1. The molecule has 19 heavy (non-hydrogen) atoms. The number of halogens is 2. The Kier molecular flexibility index (Phi) is 3.49. The summed E-state index contributed by atoms with van der Waals surface area (Å²) in [5.41, 5.74) is 1.70. The number of rotatable bonds is 4. The van der Waals surface area contributed by atoms with Gasteiger partial charge in [-0.1, -0.05) is 0 Å². The maximum Gasteiger partial charge on any atom is 0.178 e. The van der Waals surface area contributed by atoms with E-state index < -0.39 is 0 Å². The standard InChI is InChI=1S/C13H15BrFN3S/c1-17(8-2-3-8)4-5-18-12-6-9(14)10(15)7-11(12)16-13(18)19/h6-8H,2-5H2,1H3,(H,16,19). The summed E-state index contributed by atoms with van der Waals surface area (Å²) in [6.07, 6.45) is 2.60. The van der Waals surface area contributed by atoms with Gasteiger partial charge >= 0.3 is 0 Å². The number of hydrogen-bond acceptors (Lipinski definition) is 2. The van der Waals surface area contributed by atoms with Crippen LogP contribution in [0, 0.1) is 10.6 Å². The van der Waals surface area contributed by atoms with E-state index in [2.05, 4.69) is 32.9 Å². The number of likely N-dealkylation sites (N-methyl/N-ethyl adjacent to an activating group) is 1. The van der Waals surface area contributed by atoms with E-state index in [1.165, 1.54) is 18.9 Å².